The van der Waals surface area contributed by atoms with Crippen LogP contribution in [0.15, 0.2) is 17.0 Å². The van der Waals surface area contributed by atoms with Gasteiger partial charge < -0.3 is 10.2 Å². The Morgan fingerprint density at radius 1 is 1.29 bits per heavy atom. The maximum Gasteiger partial charge on any atom is 0.271 e. The highest BCUT2D eigenvalue weighted by molar-refractivity contribution is 7.89. The molecule has 9 heteroatoms. The molecule has 0 aromatic heterocycles. The fourth-order valence-corrected chi connectivity index (χ4v) is 4.12. The predicted molar refractivity (Wildman–Crippen MR) is 91.7 cm³/mol. The SMILES string of the molecule is Cc1cc([N+](=O)[O-])cc(S(=O)(=O)NCCCN2CCNCC2)c1C. The number of hydrogen-bond donors (Lipinski definition) is 2. The predicted octanol–water partition coefficient (Wildman–Crippen LogP) is 0.785. The first-order valence-electron chi connectivity index (χ1n) is 7.99. The van der Waals surface area contributed by atoms with E-state index >= 15 is 0 Å². The van der Waals surface area contributed by atoms with Crippen LogP contribution in [0.25, 0.3) is 0 Å². The van der Waals surface area contributed by atoms with Crippen molar-refractivity contribution in [1.82, 2.24) is 14.9 Å². The van der Waals surface area contributed by atoms with Crippen LogP contribution in [0.3, 0.4) is 0 Å². The lowest BCUT2D eigenvalue weighted by molar-refractivity contribution is -0.385. The van der Waals surface area contributed by atoms with E-state index in [1.165, 1.54) is 6.07 Å². The van der Waals surface area contributed by atoms with Crippen molar-refractivity contribution in [3.05, 3.63) is 33.4 Å². The van der Waals surface area contributed by atoms with E-state index in [1.807, 2.05) is 0 Å². The highest BCUT2D eigenvalue weighted by Gasteiger charge is 2.22. The Bertz CT molecular complexity index is 700. The van der Waals surface area contributed by atoms with Crippen molar-refractivity contribution in [2.75, 3.05) is 39.3 Å². The summed E-state index contributed by atoms with van der Waals surface area (Å²) in [6.45, 7) is 8.33. The summed E-state index contributed by atoms with van der Waals surface area (Å²) in [6, 6.07) is 2.51. The highest BCUT2D eigenvalue weighted by Crippen LogP contribution is 2.25. The molecule has 0 bridgehead atoms. The fourth-order valence-electron chi connectivity index (χ4n) is 2.71. The minimum absolute atomic E-state index is 0.0172. The zero-order chi connectivity index (χ0) is 17.7. The van der Waals surface area contributed by atoms with Crippen molar-refractivity contribution in [3.63, 3.8) is 0 Å². The van der Waals surface area contributed by atoms with Gasteiger partial charge in [-0.15, -0.1) is 0 Å². The molecular formula is C15H24N4O4S. The summed E-state index contributed by atoms with van der Waals surface area (Å²) in [7, 11) is -3.76. The first kappa shape index (κ1) is 18.8. The third kappa shape index (κ3) is 4.73. The summed E-state index contributed by atoms with van der Waals surface area (Å²) in [5.41, 5.74) is 0.917. The van der Waals surface area contributed by atoms with Gasteiger partial charge in [0.15, 0.2) is 0 Å². The average Bonchev–Trinajstić information content (AvgIpc) is 2.54. The van der Waals surface area contributed by atoms with Crippen LogP contribution in [0.1, 0.15) is 17.5 Å². The topological polar surface area (TPSA) is 105 Å². The molecule has 1 aliphatic rings. The van der Waals surface area contributed by atoms with Gasteiger partial charge in [-0.25, -0.2) is 13.1 Å². The number of sulfonamides is 1. The lowest BCUT2D eigenvalue weighted by Crippen LogP contribution is -2.44. The van der Waals surface area contributed by atoms with Gasteiger partial charge in [0.25, 0.3) is 5.69 Å². The molecule has 1 saturated heterocycles. The van der Waals surface area contributed by atoms with Crippen LogP contribution in [0.4, 0.5) is 5.69 Å². The van der Waals surface area contributed by atoms with E-state index in [9.17, 15) is 18.5 Å². The minimum atomic E-state index is -3.76. The second kappa shape index (κ2) is 8.02. The summed E-state index contributed by atoms with van der Waals surface area (Å²) in [6.07, 6.45) is 0.701. The van der Waals surface area contributed by atoms with Gasteiger partial charge in [0, 0.05) is 44.9 Å². The third-order valence-electron chi connectivity index (χ3n) is 4.26. The van der Waals surface area contributed by atoms with Gasteiger partial charge in [0.2, 0.25) is 10.0 Å². The van der Waals surface area contributed by atoms with E-state index in [0.29, 0.717) is 24.1 Å². The number of nitro groups is 1. The Hall–Kier alpha value is -1.55. The second-order valence-electron chi connectivity index (χ2n) is 5.99. The first-order chi connectivity index (χ1) is 11.3. The van der Waals surface area contributed by atoms with Crippen molar-refractivity contribution in [1.29, 1.82) is 0 Å². The maximum atomic E-state index is 12.5. The normalized spacial score (nSPS) is 16.2. The molecule has 134 valence electrons. The standard InChI is InChI=1S/C15H24N4O4S/c1-12-10-14(19(20)21)11-15(13(12)2)24(22,23)17-4-3-7-18-8-5-16-6-9-18/h10-11,16-17H,3-9H2,1-2H3. The van der Waals surface area contributed by atoms with Crippen LogP contribution in [0.5, 0.6) is 0 Å². The maximum absolute atomic E-state index is 12.5. The number of nitro benzene ring substituents is 1. The van der Waals surface area contributed by atoms with Gasteiger partial charge in [0.05, 0.1) is 9.82 Å². The zero-order valence-corrected chi connectivity index (χ0v) is 14.9. The number of piperazine rings is 1. The van der Waals surface area contributed by atoms with Gasteiger partial charge in [-0.3, -0.25) is 10.1 Å². The summed E-state index contributed by atoms with van der Waals surface area (Å²) >= 11 is 0. The molecule has 0 spiro atoms. The van der Waals surface area contributed by atoms with Crippen molar-refractivity contribution < 1.29 is 13.3 Å². The summed E-state index contributed by atoms with van der Waals surface area (Å²) in [5.74, 6) is 0. The Morgan fingerprint density at radius 2 is 1.96 bits per heavy atom. The van der Waals surface area contributed by atoms with Crippen LogP contribution in [0.2, 0.25) is 0 Å². The van der Waals surface area contributed by atoms with E-state index in [-0.39, 0.29) is 10.6 Å². The zero-order valence-electron chi connectivity index (χ0n) is 14.0. The number of nitrogens with one attached hydrogen (secondary N) is 2. The number of rotatable bonds is 7. The number of benzene rings is 1. The Balaban J connectivity index is 2.00. The molecule has 0 amide bonds. The van der Waals surface area contributed by atoms with Crippen LogP contribution in [-0.4, -0.2) is 57.5 Å². The van der Waals surface area contributed by atoms with Gasteiger partial charge >= 0.3 is 0 Å². The van der Waals surface area contributed by atoms with Gasteiger partial charge in [0.1, 0.15) is 0 Å². The lowest BCUT2D eigenvalue weighted by atomic mass is 10.1. The molecule has 2 N–H and O–H groups in total. The van der Waals surface area contributed by atoms with E-state index in [1.54, 1.807) is 13.8 Å². The van der Waals surface area contributed by atoms with Crippen molar-refractivity contribution >= 4 is 15.7 Å². The van der Waals surface area contributed by atoms with Crippen molar-refractivity contribution in [3.8, 4) is 0 Å². The summed E-state index contributed by atoms with van der Waals surface area (Å²) < 4.78 is 27.5. The first-order valence-corrected chi connectivity index (χ1v) is 9.48. The molecule has 2 rings (SSSR count). The molecule has 0 aliphatic carbocycles. The second-order valence-corrected chi connectivity index (χ2v) is 7.72. The molecule has 0 unspecified atom stereocenters. The number of non-ortho nitro benzene ring substituents is 1. The van der Waals surface area contributed by atoms with E-state index in [2.05, 4.69) is 14.9 Å². The number of nitrogens with zero attached hydrogens (tertiary/aromatic N) is 2. The van der Waals surface area contributed by atoms with Gasteiger partial charge in [-0.2, -0.15) is 0 Å². The number of hydrogen-bond acceptors (Lipinski definition) is 6. The Labute approximate surface area is 142 Å². The summed E-state index contributed by atoms with van der Waals surface area (Å²) in [5, 5.41) is 14.2. The van der Waals surface area contributed by atoms with Crippen LogP contribution >= 0.6 is 0 Å². The third-order valence-corrected chi connectivity index (χ3v) is 5.84. The molecule has 1 aromatic rings. The average molecular weight is 356 g/mol. The largest absolute Gasteiger partial charge is 0.314 e. The minimum Gasteiger partial charge on any atom is -0.314 e. The fraction of sp³-hybridized carbons (Fsp3) is 0.600. The highest BCUT2D eigenvalue weighted by atomic mass is 32.2. The van der Waals surface area contributed by atoms with Crippen LogP contribution in [-0.2, 0) is 10.0 Å². The van der Waals surface area contributed by atoms with Gasteiger partial charge in [-0.05, 0) is 37.9 Å². The number of aryl methyl sites for hydroxylation is 1. The smallest absolute Gasteiger partial charge is 0.271 e. The van der Waals surface area contributed by atoms with E-state index in [4.69, 9.17) is 0 Å². The monoisotopic (exact) mass is 356 g/mol. The van der Waals surface area contributed by atoms with Crippen molar-refractivity contribution in [2.45, 2.75) is 25.2 Å². The van der Waals surface area contributed by atoms with Gasteiger partial charge in [-0.1, -0.05) is 0 Å². The summed E-state index contributed by atoms with van der Waals surface area (Å²) in [4.78, 5) is 12.7. The molecular weight excluding hydrogens is 332 g/mol. The molecule has 1 aliphatic heterocycles. The quantitative estimate of drug-likeness (QED) is 0.425. The molecule has 0 saturated carbocycles. The van der Waals surface area contributed by atoms with E-state index in [0.717, 1.165) is 38.8 Å². The molecule has 0 radical (unpaired) electrons. The van der Waals surface area contributed by atoms with Crippen molar-refractivity contribution in [2.24, 2.45) is 0 Å². The molecule has 8 nitrogen and oxygen atoms in total. The molecule has 1 heterocycles. The molecule has 0 atom stereocenters. The molecule has 24 heavy (non-hydrogen) atoms. The van der Waals surface area contributed by atoms with Crippen LogP contribution < -0.4 is 10.0 Å². The van der Waals surface area contributed by atoms with E-state index < -0.39 is 14.9 Å². The molecule has 1 aromatic carbocycles. The molecule has 1 fully saturated rings. The Kier molecular flexibility index (Phi) is 6.27. The lowest BCUT2D eigenvalue weighted by Gasteiger charge is -2.27. The Morgan fingerprint density at radius 3 is 2.58 bits per heavy atom. The van der Waals surface area contributed by atoms with Crippen LogP contribution in [0, 0.1) is 24.0 Å².